The van der Waals surface area contributed by atoms with Crippen molar-refractivity contribution in [2.75, 3.05) is 19.6 Å². The average molecular weight is 368 g/mol. The van der Waals surface area contributed by atoms with Gasteiger partial charge in [-0.25, -0.2) is 0 Å². The van der Waals surface area contributed by atoms with E-state index in [1.165, 1.54) is 0 Å². The number of likely N-dealkylation sites (tertiary alicyclic amines) is 1. The number of imide groups is 1. The molecule has 3 N–H and O–H groups in total. The van der Waals surface area contributed by atoms with E-state index >= 15 is 0 Å². The topological polar surface area (TPSA) is 95.7 Å². The summed E-state index contributed by atoms with van der Waals surface area (Å²) in [6.07, 6.45) is 0.679. The zero-order valence-corrected chi connectivity index (χ0v) is 15.2. The molecule has 0 spiro atoms. The van der Waals surface area contributed by atoms with Crippen molar-refractivity contribution in [1.82, 2.24) is 15.1 Å². The van der Waals surface area contributed by atoms with Crippen LogP contribution in [0.25, 0.3) is 0 Å². The van der Waals surface area contributed by atoms with E-state index in [1.807, 2.05) is 18.2 Å². The maximum atomic E-state index is 13.1. The number of nitrogens with one attached hydrogen (secondary N) is 1. The van der Waals surface area contributed by atoms with Crippen molar-refractivity contribution < 1.29 is 14.4 Å². The smallest absolute Gasteiger partial charge is 0.255 e. The number of amides is 3. The first-order chi connectivity index (χ1) is 13.1. The summed E-state index contributed by atoms with van der Waals surface area (Å²) >= 11 is 0. The summed E-state index contributed by atoms with van der Waals surface area (Å²) in [6, 6.07) is 5.43. The third-order valence-electron chi connectivity index (χ3n) is 6.75. The largest absolute Gasteiger partial charge is 0.330 e. The van der Waals surface area contributed by atoms with E-state index in [-0.39, 0.29) is 24.1 Å². The number of nitrogens with two attached hydrogens (primary N) is 1. The maximum absolute atomic E-state index is 13.1. The predicted octanol–water partition coefficient (Wildman–Crippen LogP) is 0.0841. The van der Waals surface area contributed by atoms with E-state index in [1.54, 1.807) is 4.90 Å². The van der Waals surface area contributed by atoms with Crippen LogP contribution >= 0.6 is 0 Å². The lowest BCUT2D eigenvalue weighted by Gasteiger charge is -2.29. The molecule has 0 aromatic heterocycles. The second-order valence-electron chi connectivity index (χ2n) is 8.27. The monoisotopic (exact) mass is 368 g/mol. The van der Waals surface area contributed by atoms with Gasteiger partial charge < -0.3 is 10.6 Å². The average Bonchev–Trinajstić information content (AvgIpc) is 2.95. The molecule has 2 unspecified atom stereocenters. The Balaban J connectivity index is 1.33. The number of hydrogen-bond donors (Lipinski definition) is 2. The van der Waals surface area contributed by atoms with Crippen molar-refractivity contribution in [3.05, 3.63) is 34.9 Å². The molecule has 7 heteroatoms. The van der Waals surface area contributed by atoms with Gasteiger partial charge in [-0.15, -0.1) is 0 Å². The van der Waals surface area contributed by atoms with Crippen LogP contribution in [-0.4, -0.2) is 53.2 Å². The molecule has 1 aromatic rings. The SMILES string of the molecule is NCC1[C@H]2CN(Cc3cccc4c3C(=O)N(C3CCC(=O)NC3=O)C4)C[C@@H]12. The van der Waals surface area contributed by atoms with Crippen molar-refractivity contribution in [1.29, 1.82) is 0 Å². The van der Waals surface area contributed by atoms with E-state index < -0.39 is 6.04 Å². The van der Waals surface area contributed by atoms with Crippen LogP contribution in [0.5, 0.6) is 0 Å². The minimum Gasteiger partial charge on any atom is -0.330 e. The zero-order valence-electron chi connectivity index (χ0n) is 15.2. The van der Waals surface area contributed by atoms with Crippen LogP contribution in [0.1, 0.15) is 34.3 Å². The molecule has 3 amide bonds. The molecule has 7 nitrogen and oxygen atoms in total. The van der Waals surface area contributed by atoms with Gasteiger partial charge in [0.2, 0.25) is 11.8 Å². The second-order valence-corrected chi connectivity index (χ2v) is 8.27. The van der Waals surface area contributed by atoms with E-state index in [4.69, 9.17) is 5.73 Å². The molecule has 142 valence electrons. The summed E-state index contributed by atoms with van der Waals surface area (Å²) in [5.41, 5.74) is 8.56. The quantitative estimate of drug-likeness (QED) is 0.734. The highest BCUT2D eigenvalue weighted by Crippen LogP contribution is 2.51. The Morgan fingerprint density at radius 3 is 2.63 bits per heavy atom. The van der Waals surface area contributed by atoms with Crippen LogP contribution in [0.4, 0.5) is 0 Å². The third-order valence-corrected chi connectivity index (χ3v) is 6.75. The van der Waals surface area contributed by atoms with Crippen LogP contribution < -0.4 is 11.1 Å². The fourth-order valence-corrected chi connectivity index (χ4v) is 5.28. The Kier molecular flexibility index (Phi) is 3.84. The summed E-state index contributed by atoms with van der Waals surface area (Å²) < 4.78 is 0. The van der Waals surface area contributed by atoms with Gasteiger partial charge in [-0.2, -0.15) is 0 Å². The normalized spacial score (nSPS) is 32.5. The van der Waals surface area contributed by atoms with E-state index in [0.717, 1.165) is 54.7 Å². The molecule has 2 saturated heterocycles. The van der Waals surface area contributed by atoms with Crippen molar-refractivity contribution in [2.45, 2.75) is 32.0 Å². The number of hydrogen-bond acceptors (Lipinski definition) is 5. The van der Waals surface area contributed by atoms with Gasteiger partial charge in [0.25, 0.3) is 5.91 Å². The number of piperidine rings is 2. The van der Waals surface area contributed by atoms with Gasteiger partial charge in [0.1, 0.15) is 6.04 Å². The lowest BCUT2D eigenvalue weighted by molar-refractivity contribution is -0.136. The second kappa shape index (κ2) is 6.14. The van der Waals surface area contributed by atoms with Crippen LogP contribution in [-0.2, 0) is 22.7 Å². The predicted molar refractivity (Wildman–Crippen MR) is 97.3 cm³/mol. The van der Waals surface area contributed by atoms with E-state index in [0.29, 0.717) is 18.9 Å². The molecule has 1 aromatic carbocycles. The molecule has 4 aliphatic rings. The summed E-state index contributed by atoms with van der Waals surface area (Å²) in [6.45, 7) is 4.10. The first-order valence-electron chi connectivity index (χ1n) is 9.74. The van der Waals surface area contributed by atoms with Gasteiger partial charge in [-0.1, -0.05) is 18.2 Å². The summed E-state index contributed by atoms with van der Waals surface area (Å²) in [5.74, 6) is 1.43. The van der Waals surface area contributed by atoms with Gasteiger partial charge in [0, 0.05) is 38.2 Å². The highest BCUT2D eigenvalue weighted by molar-refractivity contribution is 6.05. The molecule has 3 fully saturated rings. The van der Waals surface area contributed by atoms with Crippen LogP contribution in [0.3, 0.4) is 0 Å². The maximum Gasteiger partial charge on any atom is 0.255 e. The lowest BCUT2D eigenvalue weighted by Crippen LogP contribution is -2.52. The fourth-order valence-electron chi connectivity index (χ4n) is 5.28. The van der Waals surface area contributed by atoms with E-state index in [2.05, 4.69) is 10.2 Å². The Morgan fingerprint density at radius 1 is 1.15 bits per heavy atom. The molecular weight excluding hydrogens is 344 g/mol. The Labute approximate surface area is 157 Å². The number of rotatable bonds is 4. The van der Waals surface area contributed by atoms with Crippen molar-refractivity contribution in [2.24, 2.45) is 23.5 Å². The lowest BCUT2D eigenvalue weighted by atomic mass is 10.0. The number of nitrogens with zero attached hydrogens (tertiary/aromatic N) is 2. The molecule has 1 aliphatic carbocycles. The highest BCUT2D eigenvalue weighted by Gasteiger charge is 2.54. The number of fused-ring (bicyclic) bond motifs is 2. The Morgan fingerprint density at radius 2 is 1.93 bits per heavy atom. The first-order valence-corrected chi connectivity index (χ1v) is 9.74. The highest BCUT2D eigenvalue weighted by atomic mass is 16.2. The van der Waals surface area contributed by atoms with Crippen molar-refractivity contribution in [3.8, 4) is 0 Å². The molecule has 3 aliphatic heterocycles. The molecule has 27 heavy (non-hydrogen) atoms. The number of carbonyl (C=O) groups is 3. The molecule has 0 bridgehead atoms. The zero-order chi connectivity index (χ0) is 18.7. The summed E-state index contributed by atoms with van der Waals surface area (Å²) in [5, 5.41) is 2.36. The number of carbonyl (C=O) groups excluding carboxylic acids is 3. The molecule has 5 rings (SSSR count). The van der Waals surface area contributed by atoms with Gasteiger partial charge in [-0.3, -0.25) is 24.6 Å². The minimum absolute atomic E-state index is 0.0840. The van der Waals surface area contributed by atoms with Crippen molar-refractivity contribution >= 4 is 17.7 Å². The summed E-state index contributed by atoms with van der Waals surface area (Å²) in [7, 11) is 0. The van der Waals surface area contributed by atoms with Crippen molar-refractivity contribution in [3.63, 3.8) is 0 Å². The molecule has 3 heterocycles. The summed E-state index contributed by atoms with van der Waals surface area (Å²) in [4.78, 5) is 40.8. The molecule has 1 saturated carbocycles. The van der Waals surface area contributed by atoms with Crippen LogP contribution in [0.2, 0.25) is 0 Å². The van der Waals surface area contributed by atoms with Gasteiger partial charge in [-0.05, 0) is 41.8 Å². The van der Waals surface area contributed by atoms with Gasteiger partial charge in [0.05, 0.1) is 0 Å². The van der Waals surface area contributed by atoms with Crippen LogP contribution in [0.15, 0.2) is 18.2 Å². The number of benzene rings is 1. The molecule has 0 radical (unpaired) electrons. The standard InChI is InChI=1S/C20H24N4O3/c21-6-13-14-9-23(10-15(13)14)7-11-2-1-3-12-8-24(20(27)18(11)12)16-4-5-17(25)22-19(16)26/h1-3,13-16H,4-10,21H2,(H,22,25,26)/t13?,14-,15+,16?. The fraction of sp³-hybridized carbons (Fsp3) is 0.550. The Hall–Kier alpha value is -2.25. The van der Waals surface area contributed by atoms with E-state index in [9.17, 15) is 14.4 Å². The third kappa shape index (κ3) is 2.68. The van der Waals surface area contributed by atoms with Gasteiger partial charge >= 0.3 is 0 Å². The van der Waals surface area contributed by atoms with Gasteiger partial charge in [0.15, 0.2) is 0 Å². The molecule has 4 atom stereocenters. The Bertz CT molecular complexity index is 827. The van der Waals surface area contributed by atoms with Crippen LogP contribution in [0, 0.1) is 17.8 Å². The molecular formula is C20H24N4O3. The first kappa shape index (κ1) is 16.9. The minimum atomic E-state index is -0.555.